The molecule has 0 bridgehead atoms. The number of hydroxylamine groups is 2. The lowest BCUT2D eigenvalue weighted by Gasteiger charge is -2.36. The second-order valence-corrected chi connectivity index (χ2v) is 9.47. The van der Waals surface area contributed by atoms with E-state index in [0.29, 0.717) is 6.54 Å². The Bertz CT molecular complexity index is 309. The highest BCUT2D eigenvalue weighted by Gasteiger charge is 2.42. The van der Waals surface area contributed by atoms with Crippen LogP contribution in [0.2, 0.25) is 0 Å². The number of hydrogen-bond donors (Lipinski definition) is 1. The van der Waals surface area contributed by atoms with E-state index in [1.54, 1.807) is 0 Å². The Morgan fingerprint density at radius 3 is 1.30 bits per heavy atom. The normalized spacial score (nSPS) is 14.0. The number of hydrogen-bond acceptors (Lipinski definition) is 1. The Hall–Kier alpha value is 0.500. The first kappa shape index (κ1) is 29.7. The number of rotatable bonds is 19. The fourth-order valence-corrected chi connectivity index (χ4v) is 3.95. The van der Waals surface area contributed by atoms with E-state index in [1.165, 1.54) is 96.3 Å². The van der Waals surface area contributed by atoms with Crippen LogP contribution in [0.25, 0.3) is 0 Å². The van der Waals surface area contributed by atoms with E-state index >= 15 is 0 Å². The third kappa shape index (κ3) is 16.0. The number of halogens is 2. The molecule has 1 unspecified atom stereocenters. The van der Waals surface area contributed by atoms with Gasteiger partial charge in [0.1, 0.15) is 12.1 Å². The molecule has 2 nitrogen and oxygen atoms in total. The molecule has 0 aliphatic carbocycles. The first-order valence-electron chi connectivity index (χ1n) is 11.7. The van der Waals surface area contributed by atoms with Crippen LogP contribution in [0.3, 0.4) is 0 Å². The largest absolute Gasteiger partial charge is 1.00 e. The van der Waals surface area contributed by atoms with E-state index in [2.05, 4.69) is 27.7 Å². The molecule has 27 heavy (non-hydrogen) atoms. The van der Waals surface area contributed by atoms with E-state index in [9.17, 15) is 5.21 Å². The SMILES string of the molecule is CCCCCCCCCCCCCCCCCC(C)(C)[N+](O)(Cl)CCC.[Cl-]. The van der Waals surface area contributed by atoms with Gasteiger partial charge in [0.15, 0.2) is 0 Å². The van der Waals surface area contributed by atoms with Crippen LogP contribution in [0.4, 0.5) is 0 Å². The van der Waals surface area contributed by atoms with Gasteiger partial charge in [-0.1, -0.05) is 108 Å². The third-order valence-corrected chi connectivity index (χ3v) is 6.47. The topological polar surface area (TPSA) is 20.2 Å². The van der Waals surface area contributed by atoms with Gasteiger partial charge < -0.3 is 12.4 Å². The molecule has 0 saturated heterocycles. The standard InChI is InChI=1S/C23H49ClNO.ClH/c1-5-7-8-9-10-11-12-13-14-15-16-17-18-19-20-21-23(3,4)25(24,26)22-6-2;/h26H,5-22H2,1-4H3;1H/q+1;/p-1. The molecule has 0 spiro atoms. The Kier molecular flexibility index (Phi) is 20.4. The summed E-state index contributed by atoms with van der Waals surface area (Å²) < 4.78 is -0.359. The van der Waals surface area contributed by atoms with E-state index in [4.69, 9.17) is 11.8 Å². The van der Waals surface area contributed by atoms with Crippen LogP contribution in [0, 0.1) is 0 Å². The quantitative estimate of drug-likeness (QED) is 0.157. The predicted octanol–water partition coefficient (Wildman–Crippen LogP) is 5.80. The molecule has 4 heteroatoms. The van der Waals surface area contributed by atoms with Crippen LogP contribution >= 0.6 is 11.8 Å². The fraction of sp³-hybridized carbons (Fsp3) is 1.00. The summed E-state index contributed by atoms with van der Waals surface area (Å²) >= 11 is 6.29. The van der Waals surface area contributed by atoms with Gasteiger partial charge in [0.25, 0.3) is 0 Å². The minimum absolute atomic E-state index is 0. The molecule has 166 valence electrons. The molecular formula is C23H49Cl2NO. The van der Waals surface area contributed by atoms with Crippen molar-refractivity contribution in [1.82, 2.24) is 0 Å². The molecule has 1 N–H and O–H groups in total. The first-order chi connectivity index (χ1) is 12.4. The average Bonchev–Trinajstić information content (AvgIpc) is 2.58. The van der Waals surface area contributed by atoms with Gasteiger partial charge in [-0.25, -0.2) is 0 Å². The van der Waals surface area contributed by atoms with Crippen LogP contribution in [0.15, 0.2) is 0 Å². The lowest BCUT2D eigenvalue weighted by Crippen LogP contribution is -3.00. The summed E-state index contributed by atoms with van der Waals surface area (Å²) in [7, 11) is 0. The van der Waals surface area contributed by atoms with E-state index in [1.807, 2.05) is 0 Å². The zero-order valence-electron chi connectivity index (χ0n) is 18.9. The van der Waals surface area contributed by atoms with Gasteiger partial charge in [-0.15, -0.1) is 0 Å². The van der Waals surface area contributed by atoms with Crippen molar-refractivity contribution >= 4 is 11.8 Å². The van der Waals surface area contributed by atoms with Crippen LogP contribution in [0.5, 0.6) is 0 Å². The molecule has 0 aromatic heterocycles. The molecule has 0 saturated carbocycles. The first-order valence-corrected chi connectivity index (χ1v) is 12.0. The monoisotopic (exact) mass is 425 g/mol. The van der Waals surface area contributed by atoms with Crippen LogP contribution in [0.1, 0.15) is 137 Å². The highest BCUT2D eigenvalue weighted by molar-refractivity contribution is 6.06. The van der Waals surface area contributed by atoms with Gasteiger partial charge in [0.2, 0.25) is 11.8 Å². The Labute approximate surface area is 182 Å². The fourth-order valence-electron chi connectivity index (χ4n) is 3.70. The van der Waals surface area contributed by atoms with Crippen molar-refractivity contribution in [2.75, 3.05) is 6.54 Å². The summed E-state index contributed by atoms with van der Waals surface area (Å²) in [5, 5.41) is 10.4. The maximum absolute atomic E-state index is 10.4. The van der Waals surface area contributed by atoms with E-state index < -0.39 is 0 Å². The Balaban J connectivity index is 0. The molecule has 0 aliphatic heterocycles. The van der Waals surface area contributed by atoms with Crippen LogP contribution < -0.4 is 12.4 Å². The summed E-state index contributed by atoms with van der Waals surface area (Å²) in [6.07, 6.45) is 22.7. The second-order valence-electron chi connectivity index (χ2n) is 8.91. The van der Waals surface area contributed by atoms with Crippen molar-refractivity contribution in [1.29, 1.82) is 0 Å². The minimum Gasteiger partial charge on any atom is -1.00 e. The zero-order chi connectivity index (χ0) is 19.7. The highest BCUT2D eigenvalue weighted by atomic mass is 35.5. The molecule has 0 aromatic carbocycles. The minimum atomic E-state index is -0.359. The van der Waals surface area contributed by atoms with Crippen molar-refractivity contribution in [3.8, 4) is 0 Å². The lowest BCUT2D eigenvalue weighted by atomic mass is 9.95. The lowest BCUT2D eigenvalue weighted by molar-refractivity contribution is -1.05. The average molecular weight is 427 g/mol. The van der Waals surface area contributed by atoms with Crippen molar-refractivity contribution in [3.63, 3.8) is 0 Å². The molecule has 0 aromatic rings. The van der Waals surface area contributed by atoms with Crippen molar-refractivity contribution in [2.24, 2.45) is 0 Å². The summed E-state index contributed by atoms with van der Waals surface area (Å²) in [6.45, 7) is 9.13. The summed E-state index contributed by atoms with van der Waals surface area (Å²) in [5.41, 5.74) is -0.256. The number of unbranched alkanes of at least 4 members (excludes halogenated alkanes) is 14. The smallest absolute Gasteiger partial charge is 0.205 e. The summed E-state index contributed by atoms with van der Waals surface area (Å²) in [5.74, 6) is 0. The molecule has 0 heterocycles. The van der Waals surface area contributed by atoms with Gasteiger partial charge in [-0.3, -0.25) is 0 Å². The van der Waals surface area contributed by atoms with E-state index in [-0.39, 0.29) is 22.1 Å². The van der Waals surface area contributed by atoms with Gasteiger partial charge in [0.05, 0.1) is 0 Å². The van der Waals surface area contributed by atoms with Crippen LogP contribution in [-0.2, 0) is 0 Å². The summed E-state index contributed by atoms with van der Waals surface area (Å²) in [6, 6.07) is 0. The van der Waals surface area contributed by atoms with Crippen molar-refractivity contribution < 1.29 is 21.8 Å². The van der Waals surface area contributed by atoms with E-state index in [0.717, 1.165) is 12.8 Å². The number of nitrogens with zero attached hydrogens (tertiary/aromatic N) is 1. The molecule has 0 aliphatic rings. The second kappa shape index (κ2) is 18.5. The van der Waals surface area contributed by atoms with Gasteiger partial charge in [-0.2, -0.15) is 5.21 Å². The zero-order valence-corrected chi connectivity index (χ0v) is 20.4. The highest BCUT2D eigenvalue weighted by Crippen LogP contribution is 2.31. The van der Waals surface area contributed by atoms with Crippen LogP contribution in [-0.4, -0.2) is 21.5 Å². The molecular weight excluding hydrogens is 377 g/mol. The number of quaternary nitrogens is 1. The molecule has 0 amide bonds. The Morgan fingerprint density at radius 1 is 0.630 bits per heavy atom. The molecule has 1 atom stereocenters. The molecule has 0 rings (SSSR count). The van der Waals surface area contributed by atoms with Gasteiger partial charge in [-0.05, 0) is 26.7 Å². The molecule has 0 fully saturated rings. The maximum atomic E-state index is 10.4. The summed E-state index contributed by atoms with van der Waals surface area (Å²) in [4.78, 5) is 0. The maximum Gasteiger partial charge on any atom is 0.205 e. The van der Waals surface area contributed by atoms with Crippen molar-refractivity contribution in [3.05, 3.63) is 0 Å². The van der Waals surface area contributed by atoms with Crippen molar-refractivity contribution in [2.45, 2.75) is 142 Å². The third-order valence-electron chi connectivity index (χ3n) is 5.84. The predicted molar refractivity (Wildman–Crippen MR) is 117 cm³/mol. The van der Waals surface area contributed by atoms with Gasteiger partial charge >= 0.3 is 0 Å². The van der Waals surface area contributed by atoms with Gasteiger partial charge in [0, 0.05) is 6.42 Å². The molecule has 0 radical (unpaired) electrons. The Morgan fingerprint density at radius 2 is 0.963 bits per heavy atom.